The number of fused-ring (bicyclic) bond motifs is 1. The maximum atomic E-state index is 8.80. The fourth-order valence-corrected chi connectivity index (χ4v) is 2.62. The molecule has 1 heterocycles. The number of aliphatic hydroxyl groups excluding tert-OH is 1. The summed E-state index contributed by atoms with van der Waals surface area (Å²) in [6.07, 6.45) is 2.97. The molecule has 3 rings (SSSR count). The van der Waals surface area contributed by atoms with Crippen molar-refractivity contribution in [2.75, 3.05) is 19.7 Å². The van der Waals surface area contributed by atoms with Crippen LogP contribution in [0.1, 0.15) is 11.1 Å². The van der Waals surface area contributed by atoms with Crippen molar-refractivity contribution >= 4 is 10.9 Å². The van der Waals surface area contributed by atoms with Gasteiger partial charge in [0.2, 0.25) is 0 Å². The van der Waals surface area contributed by atoms with E-state index >= 15 is 0 Å². The molecule has 1 aromatic heterocycles. The molecule has 3 aromatic rings. The molecule has 0 radical (unpaired) electrons. The summed E-state index contributed by atoms with van der Waals surface area (Å²) in [5, 5.41) is 13.2. The molecule has 0 saturated heterocycles. The van der Waals surface area contributed by atoms with Crippen LogP contribution in [0.15, 0.2) is 54.7 Å². The summed E-state index contributed by atoms with van der Waals surface area (Å²) >= 11 is 0. The number of benzene rings is 2. The maximum absolute atomic E-state index is 8.80. The minimum Gasteiger partial charge on any atom is -1.00 e. The lowest BCUT2D eigenvalue weighted by Crippen LogP contribution is -3.00. The van der Waals surface area contributed by atoms with Crippen molar-refractivity contribution in [3.63, 3.8) is 0 Å². The van der Waals surface area contributed by atoms with Gasteiger partial charge in [-0.1, -0.05) is 30.3 Å². The summed E-state index contributed by atoms with van der Waals surface area (Å²) in [7, 11) is 0. The van der Waals surface area contributed by atoms with E-state index in [2.05, 4.69) is 34.6 Å². The Kier molecular flexibility index (Phi) is 7.12. The van der Waals surface area contributed by atoms with E-state index in [9.17, 15) is 0 Å². The Hall–Kier alpha value is -2.01. The van der Waals surface area contributed by atoms with Crippen LogP contribution in [0.3, 0.4) is 0 Å². The number of hydrogen-bond donors (Lipinski definition) is 3. The first-order chi connectivity index (χ1) is 11.4. The van der Waals surface area contributed by atoms with Crippen LogP contribution < -0.4 is 22.5 Å². The summed E-state index contributed by atoms with van der Waals surface area (Å²) in [5.41, 5.74) is 3.54. The van der Waals surface area contributed by atoms with Crippen LogP contribution in [0, 0.1) is 0 Å². The van der Waals surface area contributed by atoms with Crippen LogP contribution in [-0.4, -0.2) is 29.8 Å². The molecule has 0 fully saturated rings. The first-order valence-electron chi connectivity index (χ1n) is 7.95. The van der Waals surface area contributed by atoms with Crippen molar-refractivity contribution in [3.8, 4) is 5.75 Å². The summed E-state index contributed by atoms with van der Waals surface area (Å²) in [6, 6.07) is 16.3. The average molecular weight is 346 g/mol. The molecule has 2 aromatic carbocycles. The van der Waals surface area contributed by atoms with Crippen LogP contribution in [0.5, 0.6) is 5.75 Å². The van der Waals surface area contributed by atoms with Gasteiger partial charge in [-0.2, -0.15) is 0 Å². The van der Waals surface area contributed by atoms with Gasteiger partial charge in [0, 0.05) is 23.6 Å². The minimum atomic E-state index is 0. The zero-order chi connectivity index (χ0) is 15.9. The van der Waals surface area contributed by atoms with Crippen LogP contribution >= 0.6 is 0 Å². The second-order valence-corrected chi connectivity index (χ2v) is 5.52. The molecule has 0 bridgehead atoms. The molecule has 0 saturated carbocycles. The van der Waals surface area contributed by atoms with Crippen molar-refractivity contribution in [1.82, 2.24) is 10.3 Å². The maximum Gasteiger partial charge on any atom is 0.120 e. The monoisotopic (exact) mass is 345 g/mol. The normalized spacial score (nSPS) is 10.5. The number of rotatable bonds is 8. The Bertz CT molecular complexity index is 743. The second kappa shape index (κ2) is 9.33. The highest BCUT2D eigenvalue weighted by molar-refractivity contribution is 5.84. The Morgan fingerprint density at radius 2 is 1.88 bits per heavy atom. The van der Waals surface area contributed by atoms with E-state index in [1.54, 1.807) is 0 Å². The van der Waals surface area contributed by atoms with Gasteiger partial charge in [0.05, 0.1) is 6.61 Å². The SMILES string of the molecule is OCCNCCc1c[nH]c2ccc(OCc3ccccc3)cc12.[Cl-]. The van der Waals surface area contributed by atoms with E-state index in [4.69, 9.17) is 9.84 Å². The number of ether oxygens (including phenoxy) is 1. The van der Waals surface area contributed by atoms with Crippen molar-refractivity contribution < 1.29 is 22.3 Å². The number of H-pyrrole nitrogens is 1. The molecule has 0 amide bonds. The molecule has 0 aliphatic carbocycles. The van der Waals surface area contributed by atoms with Crippen LogP contribution in [0.4, 0.5) is 0 Å². The van der Waals surface area contributed by atoms with E-state index in [1.807, 2.05) is 30.5 Å². The average Bonchev–Trinajstić information content (AvgIpc) is 3.00. The smallest absolute Gasteiger partial charge is 0.120 e. The van der Waals surface area contributed by atoms with Gasteiger partial charge in [0.25, 0.3) is 0 Å². The molecule has 3 N–H and O–H groups in total. The number of halogens is 1. The number of aromatic nitrogens is 1. The molecular formula is C19H22ClN2O2-. The van der Waals surface area contributed by atoms with Gasteiger partial charge in [-0.25, -0.2) is 0 Å². The quantitative estimate of drug-likeness (QED) is 0.499. The predicted octanol–water partition coefficient (Wildman–Crippen LogP) is -0.125. The highest BCUT2D eigenvalue weighted by Crippen LogP contribution is 2.24. The second-order valence-electron chi connectivity index (χ2n) is 5.52. The van der Waals surface area contributed by atoms with E-state index < -0.39 is 0 Å². The minimum absolute atomic E-state index is 0. The Balaban J connectivity index is 0.00000208. The highest BCUT2D eigenvalue weighted by atomic mass is 35.5. The number of aliphatic hydroxyl groups is 1. The van der Waals surface area contributed by atoms with Gasteiger partial charge >= 0.3 is 0 Å². The topological polar surface area (TPSA) is 57.3 Å². The summed E-state index contributed by atoms with van der Waals surface area (Å²) in [4.78, 5) is 3.30. The first kappa shape index (κ1) is 18.3. The van der Waals surface area contributed by atoms with E-state index in [1.165, 1.54) is 10.9 Å². The third-order valence-corrected chi connectivity index (χ3v) is 3.85. The molecule has 0 aliphatic heterocycles. The third kappa shape index (κ3) is 4.74. The van der Waals surface area contributed by atoms with Crippen molar-refractivity contribution in [3.05, 3.63) is 65.9 Å². The molecule has 0 unspecified atom stereocenters. The third-order valence-electron chi connectivity index (χ3n) is 3.85. The van der Waals surface area contributed by atoms with Crippen LogP contribution in [0.25, 0.3) is 10.9 Å². The summed E-state index contributed by atoms with van der Waals surface area (Å²) in [6.45, 7) is 2.23. The van der Waals surface area contributed by atoms with Gasteiger partial charge in [0.15, 0.2) is 0 Å². The van der Waals surface area contributed by atoms with Crippen molar-refractivity contribution in [1.29, 1.82) is 0 Å². The van der Waals surface area contributed by atoms with Gasteiger partial charge in [-0.05, 0) is 42.3 Å². The molecule has 128 valence electrons. The largest absolute Gasteiger partial charge is 1.00 e. The molecule has 0 spiro atoms. The number of aromatic amines is 1. The molecular weight excluding hydrogens is 324 g/mol. The molecule has 4 nitrogen and oxygen atoms in total. The van der Waals surface area contributed by atoms with E-state index in [0.29, 0.717) is 13.2 Å². The lowest BCUT2D eigenvalue weighted by atomic mass is 10.1. The fourth-order valence-electron chi connectivity index (χ4n) is 2.62. The lowest BCUT2D eigenvalue weighted by Gasteiger charge is -2.07. The zero-order valence-corrected chi connectivity index (χ0v) is 14.2. The van der Waals surface area contributed by atoms with Gasteiger partial charge < -0.3 is 32.6 Å². The van der Waals surface area contributed by atoms with Crippen molar-refractivity contribution in [2.24, 2.45) is 0 Å². The highest BCUT2D eigenvalue weighted by Gasteiger charge is 2.05. The van der Waals surface area contributed by atoms with Gasteiger partial charge in [-0.15, -0.1) is 0 Å². The van der Waals surface area contributed by atoms with Gasteiger partial charge in [-0.3, -0.25) is 0 Å². The molecule has 5 heteroatoms. The van der Waals surface area contributed by atoms with Crippen LogP contribution in [-0.2, 0) is 13.0 Å². The molecule has 24 heavy (non-hydrogen) atoms. The Morgan fingerprint density at radius 3 is 2.67 bits per heavy atom. The predicted molar refractivity (Wildman–Crippen MR) is 92.7 cm³/mol. The van der Waals surface area contributed by atoms with E-state index in [0.717, 1.165) is 29.8 Å². The number of nitrogens with one attached hydrogen (secondary N) is 2. The molecule has 0 atom stereocenters. The summed E-state index contributed by atoms with van der Waals surface area (Å²) in [5.74, 6) is 0.880. The molecule has 0 aliphatic rings. The lowest BCUT2D eigenvalue weighted by molar-refractivity contribution is -0.00000608. The fraction of sp³-hybridized carbons (Fsp3) is 0.263. The van der Waals surface area contributed by atoms with Crippen molar-refractivity contribution in [2.45, 2.75) is 13.0 Å². The first-order valence-corrected chi connectivity index (χ1v) is 7.95. The zero-order valence-electron chi connectivity index (χ0n) is 13.5. The standard InChI is InChI=1S/C19H22N2O2.ClH/c22-11-10-20-9-8-16-13-21-19-7-6-17(12-18(16)19)23-14-15-4-2-1-3-5-15;/h1-7,12-13,20-22H,8-11,14H2;1H/p-1. The number of hydrogen-bond acceptors (Lipinski definition) is 3. The Morgan fingerprint density at radius 1 is 1.04 bits per heavy atom. The van der Waals surface area contributed by atoms with Gasteiger partial charge in [0.1, 0.15) is 12.4 Å². The Labute approximate surface area is 148 Å². The van der Waals surface area contributed by atoms with E-state index in [-0.39, 0.29) is 19.0 Å². The summed E-state index contributed by atoms with van der Waals surface area (Å²) < 4.78 is 5.91. The van der Waals surface area contributed by atoms with Crippen LogP contribution in [0.2, 0.25) is 0 Å².